The molecule has 8 nitrogen and oxygen atoms in total. The molecule has 3 aromatic rings. The van der Waals surface area contributed by atoms with E-state index in [4.69, 9.17) is 20.4 Å². The van der Waals surface area contributed by atoms with E-state index in [2.05, 4.69) is 0 Å². The number of carbonyl (C=O) groups is 2. The molecule has 162 valence electrons. The Morgan fingerprint density at radius 3 is 1.48 bits per heavy atom. The summed E-state index contributed by atoms with van der Waals surface area (Å²) >= 11 is 0. The number of aromatic carboxylic acids is 1. The minimum atomic E-state index is -0.941. The summed E-state index contributed by atoms with van der Waals surface area (Å²) < 4.78 is 0. The maximum atomic E-state index is 12.0. The van der Waals surface area contributed by atoms with E-state index in [1.807, 2.05) is 6.92 Å². The molecule has 0 aliphatic carbocycles. The normalized spacial score (nSPS) is 10.1. The quantitative estimate of drug-likeness (QED) is 0.337. The van der Waals surface area contributed by atoms with E-state index < -0.39 is 11.8 Å². The lowest BCUT2D eigenvalue weighted by Gasteiger charge is -2.06. The molecule has 0 aliphatic heterocycles. The summed E-state index contributed by atoms with van der Waals surface area (Å²) in [4.78, 5) is 22.8. The number of rotatable bonds is 5. The fourth-order valence-electron chi connectivity index (χ4n) is 2.83. The molecule has 3 aromatic carbocycles. The van der Waals surface area contributed by atoms with Crippen molar-refractivity contribution in [3.63, 3.8) is 0 Å². The monoisotopic (exact) mass is 426 g/mol. The van der Waals surface area contributed by atoms with Crippen molar-refractivity contribution in [2.24, 2.45) is 0 Å². The molecule has 0 saturated heterocycles. The van der Waals surface area contributed by atoms with Crippen molar-refractivity contribution >= 4 is 11.8 Å². The van der Waals surface area contributed by atoms with Crippen LogP contribution in [-0.4, -0.2) is 42.4 Å². The number of phenols is 5. The third-order valence-electron chi connectivity index (χ3n) is 4.29. The Kier molecular flexibility index (Phi) is 7.46. The number of ketones is 1. The molecule has 0 atom stereocenters. The first-order valence-electron chi connectivity index (χ1n) is 9.27. The lowest BCUT2D eigenvalue weighted by Crippen LogP contribution is -2.01. The average molecular weight is 426 g/mol. The molecule has 3 rings (SSSR count). The van der Waals surface area contributed by atoms with Crippen molar-refractivity contribution in [1.29, 1.82) is 0 Å². The molecule has 0 aliphatic rings. The Hall–Kier alpha value is -4.20. The van der Waals surface area contributed by atoms with Crippen LogP contribution in [0.25, 0.3) is 0 Å². The molecule has 6 N–H and O–H groups in total. The highest BCUT2D eigenvalue weighted by Gasteiger charge is 2.17. The van der Waals surface area contributed by atoms with Crippen LogP contribution in [0.4, 0.5) is 0 Å². The van der Waals surface area contributed by atoms with Crippen LogP contribution in [0.5, 0.6) is 28.7 Å². The van der Waals surface area contributed by atoms with Gasteiger partial charge in [-0.05, 0) is 54.4 Å². The Morgan fingerprint density at radius 1 is 0.677 bits per heavy atom. The molecule has 0 amide bonds. The highest BCUT2D eigenvalue weighted by Crippen LogP contribution is 2.29. The molecule has 0 aromatic heterocycles. The Bertz CT molecular complexity index is 1050. The van der Waals surface area contributed by atoms with Gasteiger partial charge in [0.2, 0.25) is 0 Å². The van der Waals surface area contributed by atoms with Crippen molar-refractivity contribution in [2.45, 2.75) is 19.8 Å². The van der Waals surface area contributed by atoms with Crippen molar-refractivity contribution in [3.8, 4) is 28.7 Å². The van der Waals surface area contributed by atoms with E-state index in [1.165, 1.54) is 42.5 Å². The Balaban J connectivity index is 0.000000233. The summed E-state index contributed by atoms with van der Waals surface area (Å²) in [5.41, 5.74) is 0.872. The second-order valence-electron chi connectivity index (χ2n) is 6.63. The van der Waals surface area contributed by atoms with Gasteiger partial charge in [0.05, 0.1) is 16.7 Å². The van der Waals surface area contributed by atoms with Gasteiger partial charge in [-0.25, -0.2) is 4.79 Å². The van der Waals surface area contributed by atoms with Gasteiger partial charge < -0.3 is 30.6 Å². The summed E-state index contributed by atoms with van der Waals surface area (Å²) in [6.45, 7) is 1.97. The van der Waals surface area contributed by atoms with Gasteiger partial charge in [-0.1, -0.05) is 13.3 Å². The molecule has 0 bridgehead atoms. The second kappa shape index (κ2) is 10.0. The van der Waals surface area contributed by atoms with Crippen LogP contribution in [0.1, 0.15) is 45.2 Å². The molecule has 0 spiro atoms. The molecule has 0 radical (unpaired) electrons. The first-order valence-corrected chi connectivity index (χ1v) is 9.27. The predicted molar refractivity (Wildman–Crippen MR) is 112 cm³/mol. The summed E-state index contributed by atoms with van der Waals surface area (Å²) in [6, 6.07) is 11.4. The smallest absolute Gasteiger partial charge is 0.335 e. The summed E-state index contributed by atoms with van der Waals surface area (Å²) in [7, 11) is 0. The largest absolute Gasteiger partial charge is 0.508 e. The number of aromatic hydroxyl groups is 5. The summed E-state index contributed by atoms with van der Waals surface area (Å²) in [5, 5.41) is 55.3. The molecule has 0 unspecified atom stereocenters. The topological polar surface area (TPSA) is 156 Å². The number of hydrogen-bond acceptors (Lipinski definition) is 7. The average Bonchev–Trinajstić information content (AvgIpc) is 2.68. The minimum Gasteiger partial charge on any atom is -0.508 e. The van der Waals surface area contributed by atoms with Gasteiger partial charge in [0.15, 0.2) is 5.78 Å². The summed E-state index contributed by atoms with van der Waals surface area (Å²) in [6.07, 6.45) is 1.54. The van der Waals surface area contributed by atoms with Gasteiger partial charge in [0.1, 0.15) is 28.7 Å². The standard InChI is InChI=1S/C13H10O5.C10H12O3/c14-7-1-3-9(11(16)5-7)13(18)10-4-2-8(15)6-12(10)17;1-2-3-7-6-8(11)4-5-9(7)10(12)13/h1-6,14-17H;4-6,11H,2-3H2,1H3,(H,12,13). The molecule has 8 heteroatoms. The number of carbonyl (C=O) groups excluding carboxylic acids is 1. The zero-order chi connectivity index (χ0) is 23.1. The fourth-order valence-corrected chi connectivity index (χ4v) is 2.83. The van der Waals surface area contributed by atoms with Gasteiger partial charge >= 0.3 is 5.97 Å². The van der Waals surface area contributed by atoms with E-state index in [0.717, 1.165) is 18.6 Å². The number of aryl methyl sites for hydroxylation is 1. The lowest BCUT2D eigenvalue weighted by molar-refractivity contribution is 0.0695. The highest BCUT2D eigenvalue weighted by atomic mass is 16.4. The molecule has 0 saturated carbocycles. The van der Waals surface area contributed by atoms with Gasteiger partial charge in [-0.2, -0.15) is 0 Å². The van der Waals surface area contributed by atoms with Gasteiger partial charge in [-0.15, -0.1) is 0 Å². The zero-order valence-corrected chi connectivity index (χ0v) is 16.6. The number of carboxylic acids is 1. The third-order valence-corrected chi connectivity index (χ3v) is 4.29. The van der Waals surface area contributed by atoms with Crippen LogP contribution in [0.3, 0.4) is 0 Å². The number of benzene rings is 3. The van der Waals surface area contributed by atoms with E-state index in [0.29, 0.717) is 12.0 Å². The highest BCUT2D eigenvalue weighted by molar-refractivity contribution is 6.12. The van der Waals surface area contributed by atoms with Crippen molar-refractivity contribution < 1.29 is 40.2 Å². The van der Waals surface area contributed by atoms with E-state index in [-0.39, 0.29) is 45.4 Å². The SMILES string of the molecule is CCCc1cc(O)ccc1C(=O)O.O=C(c1ccc(O)cc1O)c1ccc(O)cc1O. The molecule has 31 heavy (non-hydrogen) atoms. The first kappa shape index (κ1) is 23.1. The van der Waals surface area contributed by atoms with Crippen LogP contribution in [0.15, 0.2) is 54.6 Å². The van der Waals surface area contributed by atoms with Crippen LogP contribution in [0.2, 0.25) is 0 Å². The van der Waals surface area contributed by atoms with Crippen molar-refractivity contribution in [3.05, 3.63) is 76.9 Å². The summed E-state index contributed by atoms with van der Waals surface area (Å²) in [5.74, 6) is -2.53. The van der Waals surface area contributed by atoms with Gasteiger partial charge in [0.25, 0.3) is 0 Å². The van der Waals surface area contributed by atoms with Crippen LogP contribution in [0, 0.1) is 0 Å². The van der Waals surface area contributed by atoms with Crippen LogP contribution in [-0.2, 0) is 6.42 Å². The molecule has 0 fully saturated rings. The maximum absolute atomic E-state index is 12.0. The van der Waals surface area contributed by atoms with E-state index in [9.17, 15) is 19.8 Å². The van der Waals surface area contributed by atoms with Gasteiger partial charge in [-0.3, -0.25) is 4.79 Å². The van der Waals surface area contributed by atoms with Crippen LogP contribution < -0.4 is 0 Å². The molecule has 0 heterocycles. The van der Waals surface area contributed by atoms with Crippen LogP contribution >= 0.6 is 0 Å². The van der Waals surface area contributed by atoms with E-state index >= 15 is 0 Å². The first-order chi connectivity index (χ1) is 14.6. The molecular formula is C23H22O8. The predicted octanol–water partition coefficient (Wildman–Crippen LogP) is 3.78. The number of carboxylic acid groups (broad SMARTS) is 1. The second-order valence-corrected chi connectivity index (χ2v) is 6.63. The minimum absolute atomic E-state index is 0.0474. The Morgan fingerprint density at radius 2 is 1.10 bits per heavy atom. The Labute approximate surface area is 177 Å². The molecular weight excluding hydrogens is 404 g/mol. The fraction of sp³-hybridized carbons (Fsp3) is 0.130. The maximum Gasteiger partial charge on any atom is 0.335 e. The zero-order valence-electron chi connectivity index (χ0n) is 16.6. The number of hydrogen-bond donors (Lipinski definition) is 6. The van der Waals surface area contributed by atoms with Gasteiger partial charge in [0, 0.05) is 12.1 Å². The number of phenolic OH excluding ortho intramolecular Hbond substituents is 5. The van der Waals surface area contributed by atoms with E-state index in [1.54, 1.807) is 0 Å². The third kappa shape index (κ3) is 5.89. The van der Waals surface area contributed by atoms with Crippen molar-refractivity contribution in [2.75, 3.05) is 0 Å². The van der Waals surface area contributed by atoms with Crippen molar-refractivity contribution in [1.82, 2.24) is 0 Å². The lowest BCUT2D eigenvalue weighted by atomic mass is 10.0.